The van der Waals surface area contributed by atoms with Gasteiger partial charge in [0.2, 0.25) is 10.0 Å². The van der Waals surface area contributed by atoms with Gasteiger partial charge in [0.25, 0.3) is 0 Å². The lowest BCUT2D eigenvalue weighted by Crippen LogP contribution is -2.45. The molecule has 0 unspecified atom stereocenters. The zero-order chi connectivity index (χ0) is 15.3. The van der Waals surface area contributed by atoms with E-state index in [-0.39, 0.29) is 30.7 Å². The first-order chi connectivity index (χ1) is 10.1. The molecule has 0 amide bonds. The average molecular weight is 309 g/mol. The summed E-state index contributed by atoms with van der Waals surface area (Å²) >= 11 is 0. The first kappa shape index (κ1) is 16.0. The molecule has 1 aromatic rings. The van der Waals surface area contributed by atoms with E-state index in [1.807, 2.05) is 0 Å². The molecular formula is C15H19NO4S. The highest BCUT2D eigenvalue weighted by molar-refractivity contribution is 7.89. The monoisotopic (exact) mass is 309 g/mol. The van der Waals surface area contributed by atoms with Crippen molar-refractivity contribution in [2.75, 3.05) is 19.8 Å². The Morgan fingerprint density at radius 1 is 1.24 bits per heavy atom. The molecule has 0 radical (unpaired) electrons. The molecule has 2 rings (SSSR count). The third kappa shape index (κ3) is 3.44. The lowest BCUT2D eigenvalue weighted by atomic mass is 9.93. The van der Waals surface area contributed by atoms with Gasteiger partial charge >= 0.3 is 0 Å². The fourth-order valence-electron chi connectivity index (χ4n) is 2.33. The van der Waals surface area contributed by atoms with Gasteiger partial charge in [-0.1, -0.05) is 30.4 Å². The number of nitrogens with zero attached hydrogens (tertiary/aromatic N) is 1. The predicted molar refractivity (Wildman–Crippen MR) is 79.0 cm³/mol. The molecule has 1 saturated carbocycles. The molecule has 1 aliphatic carbocycles. The first-order valence-electron chi connectivity index (χ1n) is 6.92. The van der Waals surface area contributed by atoms with Crippen molar-refractivity contribution < 1.29 is 18.6 Å². The van der Waals surface area contributed by atoms with Crippen LogP contribution in [0.2, 0.25) is 0 Å². The summed E-state index contributed by atoms with van der Waals surface area (Å²) in [7, 11) is -3.70. The van der Waals surface area contributed by atoms with Crippen LogP contribution in [0.25, 0.3) is 0 Å². The molecule has 0 saturated heterocycles. The van der Waals surface area contributed by atoms with E-state index in [2.05, 4.69) is 11.8 Å². The van der Waals surface area contributed by atoms with E-state index >= 15 is 0 Å². The summed E-state index contributed by atoms with van der Waals surface area (Å²) in [5.41, 5.74) is 0.369. The van der Waals surface area contributed by atoms with E-state index < -0.39 is 10.0 Å². The van der Waals surface area contributed by atoms with E-state index in [1.54, 1.807) is 18.2 Å². The Bertz CT molecular complexity index is 641. The molecule has 0 aliphatic heterocycles. The Labute approximate surface area is 125 Å². The topological polar surface area (TPSA) is 77.8 Å². The van der Waals surface area contributed by atoms with Crippen molar-refractivity contribution in [3.05, 3.63) is 29.8 Å². The van der Waals surface area contributed by atoms with Gasteiger partial charge in [0.15, 0.2) is 0 Å². The molecule has 0 spiro atoms. The van der Waals surface area contributed by atoms with Crippen LogP contribution >= 0.6 is 0 Å². The molecule has 0 heterocycles. The van der Waals surface area contributed by atoms with Crippen LogP contribution in [0.15, 0.2) is 29.2 Å². The molecule has 114 valence electrons. The van der Waals surface area contributed by atoms with Crippen LogP contribution in [0, 0.1) is 11.8 Å². The molecule has 1 fully saturated rings. The van der Waals surface area contributed by atoms with Crippen LogP contribution in [-0.2, 0) is 10.0 Å². The highest BCUT2D eigenvalue weighted by Crippen LogP contribution is 2.30. The van der Waals surface area contributed by atoms with Gasteiger partial charge in [-0.2, -0.15) is 4.31 Å². The summed E-state index contributed by atoms with van der Waals surface area (Å²) in [4.78, 5) is 0.131. The zero-order valence-electron chi connectivity index (χ0n) is 11.7. The van der Waals surface area contributed by atoms with E-state index in [9.17, 15) is 8.42 Å². The van der Waals surface area contributed by atoms with Gasteiger partial charge in [0.05, 0.1) is 11.5 Å². The van der Waals surface area contributed by atoms with Gasteiger partial charge in [-0.15, -0.1) is 0 Å². The number of hydrogen-bond donors (Lipinski definition) is 2. The van der Waals surface area contributed by atoms with Crippen molar-refractivity contribution >= 4 is 10.0 Å². The molecule has 21 heavy (non-hydrogen) atoms. The minimum absolute atomic E-state index is 0.0407. The second kappa shape index (κ2) is 7.05. The van der Waals surface area contributed by atoms with Crippen LogP contribution in [0.4, 0.5) is 0 Å². The summed E-state index contributed by atoms with van der Waals surface area (Å²) in [5.74, 6) is 5.15. The average Bonchev–Trinajstić information content (AvgIpc) is 2.43. The number of aliphatic hydroxyl groups is 2. The maximum absolute atomic E-state index is 12.8. The number of hydrogen-bond acceptors (Lipinski definition) is 4. The Balaban J connectivity index is 2.42. The van der Waals surface area contributed by atoms with E-state index in [1.165, 1.54) is 10.4 Å². The first-order valence-corrected chi connectivity index (χ1v) is 8.36. The maximum atomic E-state index is 12.8. The quantitative estimate of drug-likeness (QED) is 0.779. The molecular weight excluding hydrogens is 290 g/mol. The van der Waals surface area contributed by atoms with Gasteiger partial charge < -0.3 is 10.2 Å². The molecule has 6 heteroatoms. The number of benzene rings is 1. The Morgan fingerprint density at radius 3 is 2.52 bits per heavy atom. The van der Waals surface area contributed by atoms with E-state index in [4.69, 9.17) is 10.2 Å². The van der Waals surface area contributed by atoms with E-state index in [0.717, 1.165) is 19.3 Å². The molecule has 0 aromatic heterocycles. The van der Waals surface area contributed by atoms with Gasteiger partial charge in [0.1, 0.15) is 6.61 Å². The predicted octanol–water partition coefficient (Wildman–Crippen LogP) is 0.566. The smallest absolute Gasteiger partial charge is 0.244 e. The normalized spacial score (nSPS) is 15.4. The lowest BCUT2D eigenvalue weighted by Gasteiger charge is -2.36. The number of sulfonamides is 1. The highest BCUT2D eigenvalue weighted by Gasteiger charge is 2.35. The zero-order valence-corrected chi connectivity index (χ0v) is 12.5. The van der Waals surface area contributed by atoms with Crippen molar-refractivity contribution in [1.82, 2.24) is 4.31 Å². The van der Waals surface area contributed by atoms with Crippen molar-refractivity contribution in [3.8, 4) is 11.8 Å². The molecule has 0 bridgehead atoms. The highest BCUT2D eigenvalue weighted by atomic mass is 32.2. The fourth-order valence-corrected chi connectivity index (χ4v) is 4.15. The van der Waals surface area contributed by atoms with Gasteiger partial charge in [-0.3, -0.25) is 0 Å². The summed E-state index contributed by atoms with van der Waals surface area (Å²) in [6.45, 7) is -0.438. The van der Waals surface area contributed by atoms with Crippen LogP contribution < -0.4 is 0 Å². The third-order valence-corrected chi connectivity index (χ3v) is 5.59. The minimum Gasteiger partial charge on any atom is -0.395 e. The molecule has 0 atom stereocenters. The van der Waals surface area contributed by atoms with Gasteiger partial charge in [0, 0.05) is 18.2 Å². The van der Waals surface area contributed by atoms with Crippen LogP contribution in [0.5, 0.6) is 0 Å². The van der Waals surface area contributed by atoms with Crippen molar-refractivity contribution in [3.63, 3.8) is 0 Å². The van der Waals surface area contributed by atoms with Crippen molar-refractivity contribution in [1.29, 1.82) is 0 Å². The second-order valence-corrected chi connectivity index (χ2v) is 6.74. The standard InChI is InChI=1S/C15H19NO4S/c17-11-4-6-13-5-1-2-9-15(13)21(19,20)16(10-12-18)14-7-3-8-14/h1-2,5,9,14,17-18H,3,7-8,10-12H2. The second-order valence-electron chi connectivity index (χ2n) is 4.88. The molecule has 5 nitrogen and oxygen atoms in total. The van der Waals surface area contributed by atoms with Crippen LogP contribution in [0.3, 0.4) is 0 Å². The van der Waals surface area contributed by atoms with Crippen molar-refractivity contribution in [2.24, 2.45) is 0 Å². The number of rotatable bonds is 5. The maximum Gasteiger partial charge on any atom is 0.244 e. The summed E-state index contributed by atoms with van der Waals surface area (Å²) < 4.78 is 27.0. The van der Waals surface area contributed by atoms with Crippen LogP contribution in [0.1, 0.15) is 24.8 Å². The number of aliphatic hydroxyl groups excluding tert-OH is 2. The minimum atomic E-state index is -3.70. The largest absolute Gasteiger partial charge is 0.395 e. The van der Waals surface area contributed by atoms with Gasteiger partial charge in [-0.25, -0.2) is 8.42 Å². The Kier molecular flexibility index (Phi) is 5.37. The van der Waals surface area contributed by atoms with E-state index in [0.29, 0.717) is 5.56 Å². The Morgan fingerprint density at radius 2 is 1.95 bits per heavy atom. The lowest BCUT2D eigenvalue weighted by molar-refractivity contribution is 0.178. The van der Waals surface area contributed by atoms with Gasteiger partial charge in [-0.05, 0) is 25.0 Å². The molecule has 1 aliphatic rings. The molecule has 2 N–H and O–H groups in total. The third-order valence-electron chi connectivity index (χ3n) is 3.58. The van der Waals surface area contributed by atoms with Crippen molar-refractivity contribution in [2.45, 2.75) is 30.2 Å². The fraction of sp³-hybridized carbons (Fsp3) is 0.467. The Hall–Kier alpha value is -1.39. The molecule has 1 aromatic carbocycles. The summed E-state index contributed by atoms with van der Waals surface area (Å²) in [5, 5.41) is 17.9. The summed E-state index contributed by atoms with van der Waals surface area (Å²) in [6, 6.07) is 6.45. The SMILES string of the molecule is O=S(=O)(c1ccccc1C#CCO)N(CCO)C1CCC1. The van der Waals surface area contributed by atoms with Crippen LogP contribution in [-0.4, -0.2) is 48.7 Å². The summed E-state index contributed by atoms with van der Waals surface area (Å²) in [6.07, 6.45) is 2.65.